The van der Waals surface area contributed by atoms with Crippen molar-refractivity contribution in [2.45, 2.75) is 57.9 Å². The normalized spacial score (nSPS) is 20.1. The zero-order valence-electron chi connectivity index (χ0n) is 14.2. The van der Waals surface area contributed by atoms with E-state index < -0.39 is 0 Å². The summed E-state index contributed by atoms with van der Waals surface area (Å²) in [5.41, 5.74) is -0.315. The topological polar surface area (TPSA) is 48.3 Å². The minimum Gasteiger partial charge on any atom is -0.384 e. The molecule has 0 aromatic rings. The van der Waals surface area contributed by atoms with Crippen LogP contribution < -0.4 is 5.32 Å². The molecule has 1 heterocycles. The number of hydrogen-bond acceptors (Lipinski definition) is 4. The Kier molecular flexibility index (Phi) is 8.91. The van der Waals surface area contributed by atoms with E-state index in [9.17, 15) is 5.26 Å². The number of piperidine rings is 1. The van der Waals surface area contributed by atoms with E-state index in [0.717, 1.165) is 51.3 Å². The molecule has 0 radical (unpaired) electrons. The summed E-state index contributed by atoms with van der Waals surface area (Å²) in [5.74, 6) is 0.742. The van der Waals surface area contributed by atoms with Crippen LogP contribution in [0.2, 0.25) is 0 Å². The molecule has 4 nitrogen and oxygen atoms in total. The van der Waals surface area contributed by atoms with Gasteiger partial charge in [0.25, 0.3) is 0 Å². The van der Waals surface area contributed by atoms with Crippen LogP contribution in [0, 0.1) is 17.2 Å². The molecule has 122 valence electrons. The van der Waals surface area contributed by atoms with Crippen molar-refractivity contribution in [3.05, 3.63) is 0 Å². The molecule has 0 spiro atoms. The van der Waals surface area contributed by atoms with E-state index in [-0.39, 0.29) is 5.54 Å². The van der Waals surface area contributed by atoms with E-state index >= 15 is 0 Å². The fraction of sp³-hybridized carbons (Fsp3) is 0.941. The lowest BCUT2D eigenvalue weighted by Crippen LogP contribution is -2.44. The monoisotopic (exact) mass is 295 g/mol. The Bertz CT molecular complexity index is 308. The second-order valence-electron chi connectivity index (χ2n) is 6.32. The van der Waals surface area contributed by atoms with Gasteiger partial charge in [-0.2, -0.15) is 5.26 Å². The van der Waals surface area contributed by atoms with E-state index in [0.29, 0.717) is 0 Å². The second-order valence-corrected chi connectivity index (χ2v) is 6.32. The van der Waals surface area contributed by atoms with Gasteiger partial charge in [-0.15, -0.1) is 0 Å². The molecule has 1 fully saturated rings. The molecule has 0 bridgehead atoms. The number of nitriles is 1. The number of rotatable bonds is 10. The van der Waals surface area contributed by atoms with Crippen LogP contribution in [0.5, 0.6) is 0 Å². The van der Waals surface area contributed by atoms with Crippen LogP contribution in [-0.2, 0) is 4.74 Å². The first-order valence-corrected chi connectivity index (χ1v) is 8.57. The molecule has 1 rings (SSSR count). The fourth-order valence-corrected chi connectivity index (χ4v) is 3.15. The van der Waals surface area contributed by atoms with Crippen molar-refractivity contribution in [3.63, 3.8) is 0 Å². The molecule has 1 aliphatic heterocycles. The van der Waals surface area contributed by atoms with Gasteiger partial charge in [0.15, 0.2) is 0 Å². The molecule has 1 saturated heterocycles. The van der Waals surface area contributed by atoms with Crippen molar-refractivity contribution in [1.29, 1.82) is 5.26 Å². The number of nitrogens with one attached hydrogen (secondary N) is 1. The quantitative estimate of drug-likeness (QED) is 0.673. The van der Waals surface area contributed by atoms with Gasteiger partial charge in [-0.05, 0) is 70.6 Å². The van der Waals surface area contributed by atoms with Crippen molar-refractivity contribution in [2.24, 2.45) is 5.92 Å². The van der Waals surface area contributed by atoms with Crippen LogP contribution in [0.25, 0.3) is 0 Å². The van der Waals surface area contributed by atoms with E-state index in [2.05, 4.69) is 30.1 Å². The number of hydrogen-bond donors (Lipinski definition) is 1. The third-order valence-corrected chi connectivity index (χ3v) is 4.72. The average molecular weight is 295 g/mol. The third-order valence-electron chi connectivity index (χ3n) is 4.72. The van der Waals surface area contributed by atoms with Gasteiger partial charge in [0, 0.05) is 13.7 Å². The summed E-state index contributed by atoms with van der Waals surface area (Å²) in [6.45, 7) is 9.59. The Labute approximate surface area is 130 Å². The van der Waals surface area contributed by atoms with Gasteiger partial charge in [0.05, 0.1) is 6.07 Å². The molecule has 0 aromatic heterocycles. The van der Waals surface area contributed by atoms with Gasteiger partial charge in [0.2, 0.25) is 0 Å². The van der Waals surface area contributed by atoms with Crippen molar-refractivity contribution in [3.8, 4) is 6.07 Å². The van der Waals surface area contributed by atoms with Crippen LogP contribution in [0.1, 0.15) is 52.4 Å². The molecule has 1 atom stereocenters. The Morgan fingerprint density at radius 2 is 2.05 bits per heavy atom. The van der Waals surface area contributed by atoms with Gasteiger partial charge in [-0.1, -0.05) is 13.8 Å². The summed E-state index contributed by atoms with van der Waals surface area (Å²) < 4.78 is 5.25. The summed E-state index contributed by atoms with van der Waals surface area (Å²) in [5, 5.41) is 12.9. The maximum absolute atomic E-state index is 9.49. The Balaban J connectivity index is 2.27. The Morgan fingerprint density at radius 1 is 1.33 bits per heavy atom. The molecule has 0 aliphatic carbocycles. The standard InChI is InChI=1S/C17H33N3O/c1-4-10-19-17(5-2,15-18)9-6-11-20-12-7-16(8-13-20)14-21-3/h16,19H,4-14H2,1-3H3. The van der Waals surface area contributed by atoms with Crippen LogP contribution >= 0.6 is 0 Å². The molecular weight excluding hydrogens is 262 g/mol. The third kappa shape index (κ3) is 6.34. The lowest BCUT2D eigenvalue weighted by Gasteiger charge is -2.33. The number of nitrogens with zero attached hydrogens (tertiary/aromatic N) is 2. The SMILES string of the molecule is CCCNC(C#N)(CC)CCCN1CCC(COC)CC1. The van der Waals surface area contributed by atoms with E-state index in [1.54, 1.807) is 7.11 Å². The molecular formula is C17H33N3O. The largest absolute Gasteiger partial charge is 0.384 e. The maximum atomic E-state index is 9.49. The lowest BCUT2D eigenvalue weighted by atomic mass is 9.91. The molecule has 1 N–H and O–H groups in total. The fourth-order valence-electron chi connectivity index (χ4n) is 3.15. The van der Waals surface area contributed by atoms with Gasteiger partial charge >= 0.3 is 0 Å². The highest BCUT2D eigenvalue weighted by Gasteiger charge is 2.27. The molecule has 0 aromatic carbocycles. The van der Waals surface area contributed by atoms with Gasteiger partial charge in [-0.25, -0.2) is 0 Å². The zero-order chi connectivity index (χ0) is 15.6. The summed E-state index contributed by atoms with van der Waals surface area (Å²) in [6.07, 6.45) is 6.53. The molecule has 1 aliphatic rings. The van der Waals surface area contributed by atoms with E-state index in [1.165, 1.54) is 25.9 Å². The van der Waals surface area contributed by atoms with E-state index in [4.69, 9.17) is 4.74 Å². The highest BCUT2D eigenvalue weighted by Crippen LogP contribution is 2.20. The molecule has 4 heteroatoms. The predicted octanol–water partition coefficient (Wildman–Crippen LogP) is 2.80. The minimum atomic E-state index is -0.315. The Morgan fingerprint density at radius 3 is 2.57 bits per heavy atom. The minimum absolute atomic E-state index is 0.315. The first-order chi connectivity index (χ1) is 10.2. The molecule has 0 amide bonds. The average Bonchev–Trinajstić information content (AvgIpc) is 2.53. The first kappa shape index (κ1) is 18.4. The summed E-state index contributed by atoms with van der Waals surface area (Å²) in [6, 6.07) is 2.52. The van der Waals surface area contributed by atoms with Crippen molar-refractivity contribution < 1.29 is 4.74 Å². The van der Waals surface area contributed by atoms with Crippen LogP contribution in [-0.4, -0.2) is 50.3 Å². The van der Waals surface area contributed by atoms with Crippen molar-refractivity contribution in [1.82, 2.24) is 10.2 Å². The molecule has 1 unspecified atom stereocenters. The van der Waals surface area contributed by atoms with Gasteiger partial charge in [-0.3, -0.25) is 5.32 Å². The van der Waals surface area contributed by atoms with Gasteiger partial charge < -0.3 is 9.64 Å². The van der Waals surface area contributed by atoms with Crippen LogP contribution in [0.3, 0.4) is 0 Å². The number of likely N-dealkylation sites (tertiary alicyclic amines) is 1. The summed E-state index contributed by atoms with van der Waals surface area (Å²) >= 11 is 0. The highest BCUT2D eigenvalue weighted by molar-refractivity contribution is 5.06. The van der Waals surface area contributed by atoms with Crippen molar-refractivity contribution >= 4 is 0 Å². The summed E-state index contributed by atoms with van der Waals surface area (Å²) in [4.78, 5) is 2.55. The Hall–Kier alpha value is -0.630. The maximum Gasteiger partial charge on any atom is 0.106 e. The van der Waals surface area contributed by atoms with Crippen LogP contribution in [0.15, 0.2) is 0 Å². The summed E-state index contributed by atoms with van der Waals surface area (Å²) in [7, 11) is 1.79. The number of methoxy groups -OCH3 is 1. The highest BCUT2D eigenvalue weighted by atomic mass is 16.5. The predicted molar refractivity (Wildman–Crippen MR) is 87.2 cm³/mol. The first-order valence-electron chi connectivity index (χ1n) is 8.57. The smallest absolute Gasteiger partial charge is 0.106 e. The van der Waals surface area contributed by atoms with E-state index in [1.807, 2.05) is 0 Å². The lowest BCUT2D eigenvalue weighted by molar-refractivity contribution is 0.0980. The second kappa shape index (κ2) is 10.2. The van der Waals surface area contributed by atoms with Crippen LogP contribution in [0.4, 0.5) is 0 Å². The van der Waals surface area contributed by atoms with Crippen molar-refractivity contribution in [2.75, 3.05) is 39.9 Å². The molecule has 21 heavy (non-hydrogen) atoms. The zero-order valence-corrected chi connectivity index (χ0v) is 14.2. The number of ether oxygens (including phenoxy) is 1. The van der Waals surface area contributed by atoms with Gasteiger partial charge in [0.1, 0.15) is 5.54 Å². The molecule has 0 saturated carbocycles.